The summed E-state index contributed by atoms with van der Waals surface area (Å²) in [6, 6.07) is 34.9. The molecular formula is C35H27N3O3. The van der Waals surface area contributed by atoms with Gasteiger partial charge in [0, 0.05) is 16.8 Å². The maximum Gasteiger partial charge on any atom is 0.338 e. The minimum atomic E-state index is -0.609. The van der Waals surface area contributed by atoms with Crippen LogP contribution in [-0.2, 0) is 9.53 Å². The Kier molecular flexibility index (Phi) is 6.96. The summed E-state index contributed by atoms with van der Waals surface area (Å²) in [5.41, 5.74) is 7.84. The van der Waals surface area contributed by atoms with Gasteiger partial charge >= 0.3 is 5.97 Å². The Morgan fingerprint density at radius 2 is 1.27 bits per heavy atom. The van der Waals surface area contributed by atoms with Crippen molar-refractivity contribution >= 4 is 39.4 Å². The van der Waals surface area contributed by atoms with Crippen LogP contribution in [0.25, 0.3) is 44.3 Å². The zero-order valence-electron chi connectivity index (χ0n) is 22.7. The summed E-state index contributed by atoms with van der Waals surface area (Å²) >= 11 is 0. The molecule has 6 aromatic rings. The number of carbonyl (C=O) groups excluding carboxylic acids is 2. The van der Waals surface area contributed by atoms with Gasteiger partial charge in [-0.2, -0.15) is 0 Å². The fraction of sp³-hybridized carbons (Fsp3) is 0.0857. The van der Waals surface area contributed by atoms with Crippen molar-refractivity contribution in [2.24, 2.45) is 0 Å². The van der Waals surface area contributed by atoms with Crippen molar-refractivity contribution in [1.29, 1.82) is 0 Å². The van der Waals surface area contributed by atoms with Gasteiger partial charge in [-0.05, 0) is 55.0 Å². The number of nitrogens with zero attached hydrogens (tertiary/aromatic N) is 2. The quantitative estimate of drug-likeness (QED) is 0.222. The molecule has 1 aromatic heterocycles. The van der Waals surface area contributed by atoms with Crippen LogP contribution in [0.1, 0.15) is 21.5 Å². The Labute approximate surface area is 237 Å². The minimum Gasteiger partial charge on any atom is -0.452 e. The number of carbonyl (C=O) groups is 2. The number of hydrogen-bond acceptors (Lipinski definition) is 5. The second-order valence-corrected chi connectivity index (χ2v) is 10.0. The fourth-order valence-corrected chi connectivity index (χ4v) is 4.69. The Balaban J connectivity index is 1.24. The van der Waals surface area contributed by atoms with Crippen LogP contribution in [0.2, 0.25) is 0 Å². The van der Waals surface area contributed by atoms with Gasteiger partial charge in [0.2, 0.25) is 0 Å². The lowest BCUT2D eigenvalue weighted by molar-refractivity contribution is -0.119. The van der Waals surface area contributed by atoms with E-state index in [2.05, 4.69) is 17.4 Å². The minimum absolute atomic E-state index is 0.295. The van der Waals surface area contributed by atoms with Gasteiger partial charge in [-0.3, -0.25) is 4.79 Å². The number of esters is 1. The van der Waals surface area contributed by atoms with E-state index >= 15 is 0 Å². The Morgan fingerprint density at radius 3 is 1.93 bits per heavy atom. The molecule has 0 saturated carbocycles. The van der Waals surface area contributed by atoms with Gasteiger partial charge in [-0.15, -0.1) is 0 Å². The molecular weight excluding hydrogens is 510 g/mol. The topological polar surface area (TPSA) is 81.2 Å². The molecule has 6 rings (SSSR count). The van der Waals surface area contributed by atoms with E-state index in [0.717, 1.165) is 44.4 Å². The molecule has 0 saturated heterocycles. The fourth-order valence-electron chi connectivity index (χ4n) is 4.69. The lowest BCUT2D eigenvalue weighted by atomic mass is 10.0. The molecule has 0 atom stereocenters. The van der Waals surface area contributed by atoms with Crippen molar-refractivity contribution < 1.29 is 14.3 Å². The van der Waals surface area contributed by atoms with Crippen LogP contribution in [0.4, 0.5) is 5.69 Å². The Morgan fingerprint density at radius 1 is 0.659 bits per heavy atom. The predicted octanol–water partition coefficient (Wildman–Crippen LogP) is 7.53. The van der Waals surface area contributed by atoms with Crippen molar-refractivity contribution in [2.75, 3.05) is 11.9 Å². The molecule has 0 aliphatic rings. The third kappa shape index (κ3) is 5.68. The van der Waals surface area contributed by atoms with E-state index in [1.807, 2.05) is 92.7 Å². The van der Waals surface area contributed by atoms with Gasteiger partial charge in [0.15, 0.2) is 6.61 Å². The lowest BCUT2D eigenvalue weighted by Gasteiger charge is -2.12. The molecule has 0 fully saturated rings. The molecule has 6 nitrogen and oxygen atoms in total. The van der Waals surface area contributed by atoms with Crippen molar-refractivity contribution in [3.63, 3.8) is 0 Å². The highest BCUT2D eigenvalue weighted by molar-refractivity contribution is 5.99. The largest absolute Gasteiger partial charge is 0.452 e. The molecule has 0 radical (unpaired) electrons. The average molecular weight is 538 g/mol. The summed E-state index contributed by atoms with van der Waals surface area (Å²) in [7, 11) is 0. The lowest BCUT2D eigenvalue weighted by Crippen LogP contribution is -2.20. The van der Waals surface area contributed by atoms with Crippen molar-refractivity contribution in [1.82, 2.24) is 9.97 Å². The molecule has 200 valence electrons. The van der Waals surface area contributed by atoms with Gasteiger partial charge in [-0.1, -0.05) is 90.0 Å². The zero-order valence-corrected chi connectivity index (χ0v) is 22.7. The molecule has 6 heteroatoms. The predicted molar refractivity (Wildman–Crippen MR) is 163 cm³/mol. The first-order valence-corrected chi connectivity index (χ1v) is 13.3. The molecule has 1 amide bonds. The van der Waals surface area contributed by atoms with Crippen LogP contribution in [0, 0.1) is 13.8 Å². The molecule has 0 bridgehead atoms. The number of aryl methyl sites for hydroxylation is 2. The van der Waals surface area contributed by atoms with Gasteiger partial charge in [-0.25, -0.2) is 14.8 Å². The summed E-state index contributed by atoms with van der Waals surface area (Å²) in [6.45, 7) is 3.68. The summed E-state index contributed by atoms with van der Waals surface area (Å²) in [5, 5.41) is 4.87. The maximum absolute atomic E-state index is 12.9. The van der Waals surface area contributed by atoms with Gasteiger partial charge in [0.1, 0.15) is 0 Å². The summed E-state index contributed by atoms with van der Waals surface area (Å²) in [4.78, 5) is 35.3. The van der Waals surface area contributed by atoms with Crippen LogP contribution in [0.3, 0.4) is 0 Å². The second kappa shape index (κ2) is 11.0. The van der Waals surface area contributed by atoms with Crippen LogP contribution in [0.15, 0.2) is 109 Å². The van der Waals surface area contributed by atoms with Crippen molar-refractivity contribution in [3.05, 3.63) is 126 Å². The van der Waals surface area contributed by atoms with E-state index in [9.17, 15) is 9.59 Å². The van der Waals surface area contributed by atoms with E-state index in [-0.39, 0.29) is 0 Å². The highest BCUT2D eigenvalue weighted by Gasteiger charge is 2.16. The number of amides is 1. The number of fused-ring (bicyclic) bond motifs is 2. The second-order valence-electron chi connectivity index (χ2n) is 10.0. The Bertz CT molecular complexity index is 1910. The van der Waals surface area contributed by atoms with Crippen LogP contribution >= 0.6 is 0 Å². The molecule has 5 aromatic carbocycles. The number of rotatable bonds is 6. The van der Waals surface area contributed by atoms with E-state index in [4.69, 9.17) is 14.7 Å². The number of ether oxygens (including phenoxy) is 1. The molecule has 0 unspecified atom stereocenters. The van der Waals surface area contributed by atoms with Gasteiger partial charge in [0.05, 0.1) is 28.0 Å². The van der Waals surface area contributed by atoms with E-state index in [1.54, 1.807) is 18.2 Å². The summed E-state index contributed by atoms with van der Waals surface area (Å²) in [5.74, 6) is -1.03. The number of benzene rings is 5. The van der Waals surface area contributed by atoms with E-state index < -0.39 is 18.5 Å². The third-order valence-corrected chi connectivity index (χ3v) is 6.92. The number of anilines is 1. The average Bonchev–Trinajstić information content (AvgIpc) is 2.99. The van der Waals surface area contributed by atoms with Crippen LogP contribution < -0.4 is 5.32 Å². The Hall–Kier alpha value is -5.36. The first kappa shape index (κ1) is 25.9. The highest BCUT2D eigenvalue weighted by atomic mass is 16.5. The highest BCUT2D eigenvalue weighted by Crippen LogP contribution is 2.31. The van der Waals surface area contributed by atoms with E-state index in [0.29, 0.717) is 22.3 Å². The van der Waals surface area contributed by atoms with Crippen molar-refractivity contribution in [2.45, 2.75) is 13.8 Å². The molecule has 0 aliphatic heterocycles. The van der Waals surface area contributed by atoms with Crippen molar-refractivity contribution in [3.8, 4) is 22.5 Å². The smallest absolute Gasteiger partial charge is 0.338 e. The first-order chi connectivity index (χ1) is 19.9. The normalized spacial score (nSPS) is 11.0. The van der Waals surface area contributed by atoms with Crippen LogP contribution in [0.5, 0.6) is 0 Å². The molecule has 1 N–H and O–H groups in total. The molecule has 0 aliphatic carbocycles. The molecule has 0 spiro atoms. The molecule has 41 heavy (non-hydrogen) atoms. The number of aromatic nitrogens is 2. The zero-order chi connectivity index (χ0) is 28.3. The SMILES string of the molecule is Cc1ccc(-c2nc3ccc(C(=O)OCC(=O)Nc4ccc5ccccc5c4)cc3nc2-c2ccc(C)cc2)cc1. The van der Waals surface area contributed by atoms with Crippen LogP contribution in [-0.4, -0.2) is 28.5 Å². The van der Waals surface area contributed by atoms with Gasteiger partial charge in [0.25, 0.3) is 5.91 Å². The van der Waals surface area contributed by atoms with E-state index in [1.165, 1.54) is 0 Å². The standard InChI is InChI=1S/C35H27N3O3/c1-22-7-11-25(12-8-22)33-34(26-13-9-23(2)10-14-26)38-31-20-28(16-18-30(31)37-33)35(40)41-21-32(39)36-29-17-15-24-5-3-4-6-27(24)19-29/h3-20H,21H2,1-2H3,(H,36,39). The maximum atomic E-state index is 12.9. The third-order valence-electron chi connectivity index (χ3n) is 6.92. The monoisotopic (exact) mass is 537 g/mol. The molecule has 1 heterocycles. The number of hydrogen-bond donors (Lipinski definition) is 1. The summed E-state index contributed by atoms with van der Waals surface area (Å²) < 4.78 is 5.33. The summed E-state index contributed by atoms with van der Waals surface area (Å²) in [6.07, 6.45) is 0. The van der Waals surface area contributed by atoms with Gasteiger partial charge < -0.3 is 10.1 Å². The first-order valence-electron chi connectivity index (χ1n) is 13.3. The number of nitrogens with one attached hydrogen (secondary N) is 1.